The van der Waals surface area contributed by atoms with E-state index in [1.54, 1.807) is 11.1 Å². The van der Waals surface area contributed by atoms with E-state index in [-0.39, 0.29) is 12.8 Å². The number of anilines is 1. The Morgan fingerprint density at radius 2 is 2.50 bits per heavy atom. The van der Waals surface area contributed by atoms with Gasteiger partial charge in [-0.25, -0.2) is 4.98 Å². The zero-order valence-electron chi connectivity index (χ0n) is 7.40. The van der Waals surface area contributed by atoms with E-state index in [4.69, 9.17) is 9.52 Å². The summed E-state index contributed by atoms with van der Waals surface area (Å²) in [4.78, 5) is 5.55. The van der Waals surface area contributed by atoms with Crippen molar-refractivity contribution in [3.8, 4) is 0 Å². The number of nitrogens with zero attached hydrogens (tertiary/aromatic N) is 2. The van der Waals surface area contributed by atoms with Gasteiger partial charge in [0.15, 0.2) is 6.39 Å². The molecule has 0 aromatic carbocycles. The van der Waals surface area contributed by atoms with E-state index in [0.29, 0.717) is 5.88 Å². The molecule has 1 aromatic heterocycles. The monoisotopic (exact) mass is 170 g/mol. The SMILES string of the molecule is CCC(C)N(CO)c1cnco1. The lowest BCUT2D eigenvalue weighted by Crippen LogP contribution is -2.32. The van der Waals surface area contributed by atoms with E-state index in [0.717, 1.165) is 6.42 Å². The summed E-state index contributed by atoms with van der Waals surface area (Å²) in [5, 5.41) is 9.04. The van der Waals surface area contributed by atoms with Crippen molar-refractivity contribution in [2.75, 3.05) is 11.6 Å². The summed E-state index contributed by atoms with van der Waals surface area (Å²) in [5.41, 5.74) is 0. The quantitative estimate of drug-likeness (QED) is 0.690. The maximum atomic E-state index is 9.04. The minimum atomic E-state index is -0.0375. The zero-order chi connectivity index (χ0) is 8.97. The summed E-state index contributed by atoms with van der Waals surface area (Å²) in [6, 6.07) is 0.267. The van der Waals surface area contributed by atoms with Crippen molar-refractivity contribution in [2.45, 2.75) is 26.3 Å². The lowest BCUT2D eigenvalue weighted by atomic mass is 10.2. The molecule has 0 fully saturated rings. The molecular formula is C8H14N2O2. The van der Waals surface area contributed by atoms with Crippen molar-refractivity contribution in [3.05, 3.63) is 12.6 Å². The van der Waals surface area contributed by atoms with Gasteiger partial charge in [-0.3, -0.25) is 0 Å². The van der Waals surface area contributed by atoms with Crippen molar-refractivity contribution in [1.29, 1.82) is 0 Å². The Morgan fingerprint density at radius 1 is 1.75 bits per heavy atom. The van der Waals surface area contributed by atoms with Crippen LogP contribution in [0.3, 0.4) is 0 Å². The van der Waals surface area contributed by atoms with Gasteiger partial charge in [0.05, 0.1) is 6.20 Å². The molecule has 0 spiro atoms. The van der Waals surface area contributed by atoms with E-state index in [1.165, 1.54) is 6.39 Å². The van der Waals surface area contributed by atoms with Crippen LogP contribution in [0.25, 0.3) is 0 Å². The summed E-state index contributed by atoms with van der Waals surface area (Å²) in [7, 11) is 0. The smallest absolute Gasteiger partial charge is 0.218 e. The largest absolute Gasteiger partial charge is 0.428 e. The maximum absolute atomic E-state index is 9.04. The average Bonchev–Trinajstić information content (AvgIpc) is 2.58. The highest BCUT2D eigenvalue weighted by Gasteiger charge is 2.13. The second kappa shape index (κ2) is 4.11. The molecule has 1 unspecified atom stereocenters. The third kappa shape index (κ3) is 1.76. The van der Waals surface area contributed by atoms with Gasteiger partial charge in [0.1, 0.15) is 6.73 Å². The molecule has 0 aliphatic rings. The van der Waals surface area contributed by atoms with Gasteiger partial charge in [-0.05, 0) is 13.3 Å². The number of hydrogen-bond donors (Lipinski definition) is 1. The van der Waals surface area contributed by atoms with Crippen LogP contribution >= 0.6 is 0 Å². The normalized spacial score (nSPS) is 12.9. The molecular weight excluding hydrogens is 156 g/mol. The topological polar surface area (TPSA) is 49.5 Å². The number of aliphatic hydroxyl groups excluding tert-OH is 1. The van der Waals surface area contributed by atoms with Crippen LogP contribution in [-0.4, -0.2) is 22.9 Å². The van der Waals surface area contributed by atoms with Crippen molar-refractivity contribution in [1.82, 2.24) is 4.98 Å². The molecule has 0 aliphatic heterocycles. The lowest BCUT2D eigenvalue weighted by Gasteiger charge is -2.24. The van der Waals surface area contributed by atoms with Crippen molar-refractivity contribution in [2.24, 2.45) is 0 Å². The van der Waals surface area contributed by atoms with Gasteiger partial charge < -0.3 is 14.4 Å². The Labute approximate surface area is 71.8 Å². The minimum absolute atomic E-state index is 0.0375. The van der Waals surface area contributed by atoms with Crippen LogP contribution in [0, 0.1) is 0 Å². The van der Waals surface area contributed by atoms with Crippen molar-refractivity contribution >= 4 is 5.88 Å². The highest BCUT2D eigenvalue weighted by Crippen LogP contribution is 2.16. The lowest BCUT2D eigenvalue weighted by molar-refractivity contribution is 0.269. The highest BCUT2D eigenvalue weighted by molar-refractivity contribution is 5.31. The summed E-state index contributed by atoms with van der Waals surface area (Å²) in [6.07, 6.45) is 3.92. The van der Waals surface area contributed by atoms with Crippen LogP contribution in [-0.2, 0) is 0 Å². The molecule has 0 saturated carbocycles. The Kier molecular flexibility index (Phi) is 3.10. The number of aliphatic hydroxyl groups is 1. The molecule has 4 nitrogen and oxygen atoms in total. The predicted molar refractivity (Wildman–Crippen MR) is 45.8 cm³/mol. The summed E-state index contributed by atoms with van der Waals surface area (Å²) in [5.74, 6) is 0.617. The van der Waals surface area contributed by atoms with Gasteiger partial charge in [-0.2, -0.15) is 0 Å². The van der Waals surface area contributed by atoms with Gasteiger partial charge in [-0.15, -0.1) is 0 Å². The van der Waals surface area contributed by atoms with Gasteiger partial charge >= 0.3 is 0 Å². The second-order valence-corrected chi connectivity index (χ2v) is 2.71. The van der Waals surface area contributed by atoms with E-state index in [9.17, 15) is 0 Å². The first-order chi connectivity index (χ1) is 5.79. The van der Waals surface area contributed by atoms with E-state index >= 15 is 0 Å². The molecule has 0 bridgehead atoms. The van der Waals surface area contributed by atoms with Crippen LogP contribution in [0.5, 0.6) is 0 Å². The fourth-order valence-corrected chi connectivity index (χ4v) is 0.998. The van der Waals surface area contributed by atoms with Gasteiger partial charge in [-0.1, -0.05) is 6.92 Å². The molecule has 1 N–H and O–H groups in total. The average molecular weight is 170 g/mol. The number of oxazole rings is 1. The molecule has 12 heavy (non-hydrogen) atoms. The van der Waals surface area contributed by atoms with E-state index in [1.807, 2.05) is 6.92 Å². The highest BCUT2D eigenvalue weighted by atomic mass is 16.4. The Morgan fingerprint density at radius 3 is 2.92 bits per heavy atom. The molecule has 4 heteroatoms. The van der Waals surface area contributed by atoms with Gasteiger partial charge in [0.2, 0.25) is 5.88 Å². The third-order valence-corrected chi connectivity index (χ3v) is 1.98. The zero-order valence-corrected chi connectivity index (χ0v) is 7.40. The molecule has 1 aromatic rings. The summed E-state index contributed by atoms with van der Waals surface area (Å²) < 4.78 is 5.06. The molecule has 1 atom stereocenters. The van der Waals surface area contributed by atoms with Gasteiger partial charge in [0, 0.05) is 6.04 Å². The Bertz CT molecular complexity index is 211. The number of hydrogen-bond acceptors (Lipinski definition) is 4. The first-order valence-corrected chi connectivity index (χ1v) is 4.05. The third-order valence-electron chi connectivity index (χ3n) is 1.98. The number of aromatic nitrogens is 1. The van der Waals surface area contributed by atoms with Crippen LogP contribution < -0.4 is 4.90 Å². The summed E-state index contributed by atoms with van der Waals surface area (Å²) >= 11 is 0. The fourth-order valence-electron chi connectivity index (χ4n) is 0.998. The van der Waals surface area contributed by atoms with Crippen LogP contribution in [0.2, 0.25) is 0 Å². The van der Waals surface area contributed by atoms with Gasteiger partial charge in [0.25, 0.3) is 0 Å². The molecule has 0 amide bonds. The van der Waals surface area contributed by atoms with E-state index in [2.05, 4.69) is 11.9 Å². The Balaban J connectivity index is 2.69. The van der Waals surface area contributed by atoms with Crippen LogP contribution in [0.1, 0.15) is 20.3 Å². The summed E-state index contributed by atoms with van der Waals surface area (Å²) in [6.45, 7) is 4.05. The minimum Gasteiger partial charge on any atom is -0.428 e. The predicted octanol–water partition coefficient (Wildman–Crippen LogP) is 1.23. The molecule has 1 heterocycles. The second-order valence-electron chi connectivity index (χ2n) is 2.71. The van der Waals surface area contributed by atoms with Crippen molar-refractivity contribution in [3.63, 3.8) is 0 Å². The first kappa shape index (κ1) is 9.06. The van der Waals surface area contributed by atoms with Crippen LogP contribution in [0.15, 0.2) is 17.0 Å². The van der Waals surface area contributed by atoms with Crippen molar-refractivity contribution < 1.29 is 9.52 Å². The first-order valence-electron chi connectivity index (χ1n) is 4.05. The van der Waals surface area contributed by atoms with Crippen LogP contribution in [0.4, 0.5) is 5.88 Å². The van der Waals surface area contributed by atoms with E-state index < -0.39 is 0 Å². The molecule has 1 rings (SSSR count). The number of rotatable bonds is 4. The maximum Gasteiger partial charge on any atom is 0.218 e. The molecule has 68 valence electrons. The standard InChI is InChI=1S/C8H14N2O2/c1-3-7(2)10(6-11)8-4-9-5-12-8/h4-5,7,11H,3,6H2,1-2H3. The molecule has 0 aliphatic carbocycles. The molecule has 0 saturated heterocycles. The molecule has 0 radical (unpaired) electrons. The Hall–Kier alpha value is -1.03. The fraction of sp³-hybridized carbons (Fsp3) is 0.625.